The van der Waals surface area contributed by atoms with Gasteiger partial charge in [-0.25, -0.2) is 4.98 Å². The lowest BCUT2D eigenvalue weighted by atomic mass is 9.85. The van der Waals surface area contributed by atoms with E-state index in [-0.39, 0.29) is 0 Å². The van der Waals surface area contributed by atoms with Crippen LogP contribution in [0.1, 0.15) is 36.7 Å². The molecule has 2 aromatic rings. The highest BCUT2D eigenvalue weighted by Gasteiger charge is 2.25. The summed E-state index contributed by atoms with van der Waals surface area (Å²) < 4.78 is 2.11. The molecule has 0 radical (unpaired) electrons. The maximum absolute atomic E-state index is 6.03. The highest BCUT2D eigenvalue weighted by atomic mass is 35.5. The SMILES string of the molecule is NCc1nc(C2CCC2)n2cc(Cl)ccc12. The average Bonchev–Trinajstić information content (AvgIpc) is 2.54. The molecule has 0 spiro atoms. The van der Waals surface area contributed by atoms with Gasteiger partial charge in [0.05, 0.1) is 16.2 Å². The van der Waals surface area contributed by atoms with Crippen LogP contribution in [0.15, 0.2) is 18.3 Å². The molecule has 1 aliphatic rings. The van der Waals surface area contributed by atoms with Crippen LogP contribution in [0.25, 0.3) is 5.52 Å². The van der Waals surface area contributed by atoms with Crippen molar-refractivity contribution in [3.05, 3.63) is 34.9 Å². The minimum atomic E-state index is 0.484. The smallest absolute Gasteiger partial charge is 0.116 e. The summed E-state index contributed by atoms with van der Waals surface area (Å²) in [4.78, 5) is 4.65. The molecule has 84 valence electrons. The van der Waals surface area contributed by atoms with Crippen molar-refractivity contribution in [3.8, 4) is 0 Å². The third-order valence-corrected chi connectivity index (χ3v) is 3.59. The molecule has 0 aliphatic heterocycles. The van der Waals surface area contributed by atoms with E-state index >= 15 is 0 Å². The Labute approximate surface area is 99.2 Å². The fourth-order valence-electron chi connectivity index (χ4n) is 2.25. The zero-order valence-corrected chi connectivity index (χ0v) is 9.74. The van der Waals surface area contributed by atoms with Gasteiger partial charge in [-0.05, 0) is 25.0 Å². The van der Waals surface area contributed by atoms with E-state index < -0.39 is 0 Å². The van der Waals surface area contributed by atoms with Gasteiger partial charge in [-0.3, -0.25) is 0 Å². The van der Waals surface area contributed by atoms with Crippen LogP contribution in [0.5, 0.6) is 0 Å². The second-order valence-corrected chi connectivity index (χ2v) is 4.79. The van der Waals surface area contributed by atoms with E-state index in [1.807, 2.05) is 18.3 Å². The van der Waals surface area contributed by atoms with Crippen LogP contribution in [0, 0.1) is 0 Å². The summed E-state index contributed by atoms with van der Waals surface area (Å²) in [6, 6.07) is 3.89. The molecular weight excluding hydrogens is 222 g/mol. The van der Waals surface area contributed by atoms with Crippen LogP contribution in [-0.2, 0) is 6.54 Å². The van der Waals surface area contributed by atoms with Crippen molar-refractivity contribution in [2.75, 3.05) is 0 Å². The average molecular weight is 236 g/mol. The van der Waals surface area contributed by atoms with Crippen LogP contribution in [0.3, 0.4) is 0 Å². The summed E-state index contributed by atoms with van der Waals surface area (Å²) in [5, 5.41) is 0.744. The van der Waals surface area contributed by atoms with Gasteiger partial charge in [0.1, 0.15) is 5.82 Å². The molecule has 1 fully saturated rings. The Balaban J connectivity index is 2.22. The Morgan fingerprint density at radius 2 is 2.25 bits per heavy atom. The molecule has 1 saturated carbocycles. The molecular formula is C12H14ClN3. The van der Waals surface area contributed by atoms with Crippen molar-refractivity contribution in [2.45, 2.75) is 31.7 Å². The molecule has 0 aromatic carbocycles. The number of hydrogen-bond acceptors (Lipinski definition) is 2. The van der Waals surface area contributed by atoms with Gasteiger partial charge in [0.2, 0.25) is 0 Å². The summed E-state index contributed by atoms with van der Waals surface area (Å²) in [5.41, 5.74) is 7.78. The highest BCUT2D eigenvalue weighted by molar-refractivity contribution is 6.30. The second kappa shape index (κ2) is 3.75. The Morgan fingerprint density at radius 3 is 2.88 bits per heavy atom. The fraction of sp³-hybridized carbons (Fsp3) is 0.417. The van der Waals surface area contributed by atoms with Crippen LogP contribution in [0.2, 0.25) is 5.02 Å². The first-order valence-electron chi connectivity index (χ1n) is 5.66. The number of imidazole rings is 1. The van der Waals surface area contributed by atoms with Crippen molar-refractivity contribution in [3.63, 3.8) is 0 Å². The molecule has 0 saturated heterocycles. The van der Waals surface area contributed by atoms with Crippen molar-refractivity contribution < 1.29 is 0 Å². The quantitative estimate of drug-likeness (QED) is 0.870. The number of aromatic nitrogens is 2. The van der Waals surface area contributed by atoms with Gasteiger partial charge >= 0.3 is 0 Å². The molecule has 0 unspecified atom stereocenters. The lowest BCUT2D eigenvalue weighted by Crippen LogP contribution is -2.12. The molecule has 0 amide bonds. The summed E-state index contributed by atoms with van der Waals surface area (Å²) in [6.07, 6.45) is 5.71. The molecule has 2 heterocycles. The van der Waals surface area contributed by atoms with E-state index in [0.717, 1.165) is 22.1 Å². The molecule has 0 atom stereocenters. The largest absolute Gasteiger partial charge is 0.325 e. The van der Waals surface area contributed by atoms with Gasteiger partial charge in [0, 0.05) is 18.7 Å². The first kappa shape index (κ1) is 10.1. The summed E-state index contributed by atoms with van der Waals surface area (Å²) in [6.45, 7) is 0.484. The van der Waals surface area contributed by atoms with Crippen LogP contribution >= 0.6 is 11.6 Å². The van der Waals surface area contributed by atoms with E-state index in [1.165, 1.54) is 19.3 Å². The molecule has 3 nitrogen and oxygen atoms in total. The first-order chi connectivity index (χ1) is 7.79. The number of nitrogens with zero attached hydrogens (tertiary/aromatic N) is 2. The highest BCUT2D eigenvalue weighted by Crippen LogP contribution is 2.36. The van der Waals surface area contributed by atoms with E-state index in [2.05, 4.69) is 9.38 Å². The molecule has 3 rings (SSSR count). The van der Waals surface area contributed by atoms with Gasteiger partial charge in [0.15, 0.2) is 0 Å². The van der Waals surface area contributed by atoms with E-state index in [1.54, 1.807) is 0 Å². The summed E-state index contributed by atoms with van der Waals surface area (Å²) >= 11 is 6.03. The molecule has 1 aliphatic carbocycles. The Morgan fingerprint density at radius 1 is 1.44 bits per heavy atom. The van der Waals surface area contributed by atoms with Gasteiger partial charge in [-0.15, -0.1) is 0 Å². The Bertz CT molecular complexity index is 528. The van der Waals surface area contributed by atoms with E-state index in [4.69, 9.17) is 17.3 Å². The summed E-state index contributed by atoms with van der Waals surface area (Å²) in [5.74, 6) is 1.72. The minimum absolute atomic E-state index is 0.484. The standard InChI is InChI=1S/C12H14ClN3/c13-9-4-5-11-10(6-14)15-12(16(11)7-9)8-2-1-3-8/h4-5,7-8H,1-3,6,14H2. The van der Waals surface area contributed by atoms with Crippen molar-refractivity contribution >= 4 is 17.1 Å². The predicted octanol–water partition coefficient (Wildman–Crippen LogP) is 2.71. The van der Waals surface area contributed by atoms with Gasteiger partial charge < -0.3 is 10.1 Å². The Hall–Kier alpha value is -1.06. The molecule has 2 aromatic heterocycles. The molecule has 2 N–H and O–H groups in total. The molecule has 0 bridgehead atoms. The van der Waals surface area contributed by atoms with Gasteiger partial charge in [-0.1, -0.05) is 18.0 Å². The lowest BCUT2D eigenvalue weighted by molar-refractivity contribution is 0.400. The predicted molar refractivity (Wildman–Crippen MR) is 64.7 cm³/mol. The van der Waals surface area contributed by atoms with Gasteiger partial charge in [0.25, 0.3) is 0 Å². The summed E-state index contributed by atoms with van der Waals surface area (Å²) in [7, 11) is 0. The van der Waals surface area contributed by atoms with Crippen molar-refractivity contribution in [2.24, 2.45) is 5.73 Å². The minimum Gasteiger partial charge on any atom is -0.325 e. The van der Waals surface area contributed by atoms with Crippen LogP contribution < -0.4 is 5.73 Å². The number of rotatable bonds is 2. The lowest BCUT2D eigenvalue weighted by Gasteiger charge is -2.23. The van der Waals surface area contributed by atoms with Gasteiger partial charge in [-0.2, -0.15) is 0 Å². The van der Waals surface area contributed by atoms with E-state index in [9.17, 15) is 0 Å². The monoisotopic (exact) mass is 235 g/mol. The number of nitrogens with two attached hydrogens (primary N) is 1. The Kier molecular flexibility index (Phi) is 2.37. The van der Waals surface area contributed by atoms with Crippen LogP contribution in [-0.4, -0.2) is 9.38 Å². The number of fused-ring (bicyclic) bond motifs is 1. The zero-order valence-electron chi connectivity index (χ0n) is 8.99. The third-order valence-electron chi connectivity index (χ3n) is 3.37. The number of pyridine rings is 1. The zero-order chi connectivity index (χ0) is 11.1. The topological polar surface area (TPSA) is 43.3 Å². The normalized spacial score (nSPS) is 16.6. The van der Waals surface area contributed by atoms with Crippen molar-refractivity contribution in [1.82, 2.24) is 9.38 Å². The number of halogens is 1. The molecule has 16 heavy (non-hydrogen) atoms. The van der Waals surface area contributed by atoms with Crippen molar-refractivity contribution in [1.29, 1.82) is 0 Å². The van der Waals surface area contributed by atoms with E-state index in [0.29, 0.717) is 12.5 Å². The fourth-order valence-corrected chi connectivity index (χ4v) is 2.41. The number of hydrogen-bond donors (Lipinski definition) is 1. The maximum Gasteiger partial charge on any atom is 0.116 e. The van der Waals surface area contributed by atoms with Crippen LogP contribution in [0.4, 0.5) is 0 Å². The molecule has 4 heteroatoms. The maximum atomic E-state index is 6.03. The first-order valence-corrected chi connectivity index (χ1v) is 6.04. The third kappa shape index (κ3) is 1.43. The second-order valence-electron chi connectivity index (χ2n) is 4.35.